The standard InChI is InChI=1S/C22H22F2N4O6/c1-14(29)13-32-18-6-7-25-20(26-18)21(31)28-10-8-27(9-11-28)19(30)5-3-15-2-4-16-17(12-15)34-22(23,24)33-16/h2-7,12,14,29H,8-11,13H2,1H3/b5-3+/t14-/m0/s1. The van der Waals surface area contributed by atoms with Crippen molar-refractivity contribution >= 4 is 17.9 Å². The van der Waals surface area contributed by atoms with Crippen LogP contribution in [0.15, 0.2) is 36.5 Å². The molecule has 12 heteroatoms. The number of aliphatic hydroxyl groups excluding tert-OH is 1. The molecule has 1 fully saturated rings. The molecule has 180 valence electrons. The zero-order valence-electron chi connectivity index (χ0n) is 18.2. The minimum Gasteiger partial charge on any atom is -0.475 e. The lowest BCUT2D eigenvalue weighted by Crippen LogP contribution is -2.50. The van der Waals surface area contributed by atoms with Crippen LogP contribution in [0.1, 0.15) is 23.1 Å². The second-order valence-corrected chi connectivity index (χ2v) is 7.70. The summed E-state index contributed by atoms with van der Waals surface area (Å²) in [6.07, 6.45) is -0.149. The number of aliphatic hydroxyl groups is 1. The van der Waals surface area contributed by atoms with E-state index in [0.29, 0.717) is 31.7 Å². The zero-order chi connectivity index (χ0) is 24.3. The highest BCUT2D eigenvalue weighted by molar-refractivity contribution is 5.93. The molecule has 1 saturated heterocycles. The summed E-state index contributed by atoms with van der Waals surface area (Å²) in [5.74, 6) is -0.684. The Hall–Kier alpha value is -3.80. The van der Waals surface area contributed by atoms with Gasteiger partial charge in [-0.05, 0) is 30.7 Å². The maximum absolute atomic E-state index is 13.1. The number of aromatic nitrogens is 2. The van der Waals surface area contributed by atoms with Gasteiger partial charge < -0.3 is 29.1 Å². The summed E-state index contributed by atoms with van der Waals surface area (Å²) >= 11 is 0. The lowest BCUT2D eigenvalue weighted by atomic mass is 10.2. The number of carbonyl (C=O) groups excluding carboxylic acids is 2. The summed E-state index contributed by atoms with van der Waals surface area (Å²) in [4.78, 5) is 36.4. The molecule has 10 nitrogen and oxygen atoms in total. The summed E-state index contributed by atoms with van der Waals surface area (Å²) in [5, 5.41) is 9.31. The van der Waals surface area contributed by atoms with Crippen LogP contribution >= 0.6 is 0 Å². The Kier molecular flexibility index (Phi) is 6.59. The van der Waals surface area contributed by atoms with E-state index in [-0.39, 0.29) is 41.6 Å². The Labute approximate surface area is 193 Å². The fraction of sp³-hybridized carbons (Fsp3) is 0.364. The van der Waals surface area contributed by atoms with Crippen LogP contribution in [0, 0.1) is 0 Å². The maximum Gasteiger partial charge on any atom is 0.586 e. The predicted molar refractivity (Wildman–Crippen MR) is 113 cm³/mol. The lowest BCUT2D eigenvalue weighted by Gasteiger charge is -2.33. The topological polar surface area (TPSA) is 114 Å². The van der Waals surface area contributed by atoms with Crippen molar-refractivity contribution in [1.82, 2.24) is 19.8 Å². The minimum atomic E-state index is -3.70. The van der Waals surface area contributed by atoms with Crippen LogP contribution in [-0.4, -0.2) is 81.9 Å². The van der Waals surface area contributed by atoms with Gasteiger partial charge >= 0.3 is 6.29 Å². The van der Waals surface area contributed by atoms with Gasteiger partial charge in [0.15, 0.2) is 11.5 Å². The Morgan fingerprint density at radius 2 is 1.88 bits per heavy atom. The summed E-state index contributed by atoms with van der Waals surface area (Å²) in [6.45, 7) is 2.80. The average molecular weight is 476 g/mol. The fourth-order valence-corrected chi connectivity index (χ4v) is 3.35. The second kappa shape index (κ2) is 9.59. The van der Waals surface area contributed by atoms with Crippen LogP contribution in [0.25, 0.3) is 6.08 Å². The molecule has 1 aromatic heterocycles. The van der Waals surface area contributed by atoms with Crippen LogP contribution in [0.4, 0.5) is 8.78 Å². The molecule has 0 radical (unpaired) electrons. The third kappa shape index (κ3) is 5.57. The molecule has 4 rings (SSSR count). The lowest BCUT2D eigenvalue weighted by molar-refractivity contribution is -0.286. The summed E-state index contributed by atoms with van der Waals surface area (Å²) in [7, 11) is 0. The van der Waals surface area contributed by atoms with Crippen molar-refractivity contribution in [3.05, 3.63) is 47.9 Å². The Morgan fingerprint density at radius 3 is 2.62 bits per heavy atom. The van der Waals surface area contributed by atoms with Crippen molar-refractivity contribution in [2.45, 2.75) is 19.3 Å². The number of amides is 2. The molecule has 0 bridgehead atoms. The van der Waals surface area contributed by atoms with Crippen LogP contribution in [-0.2, 0) is 4.79 Å². The van der Waals surface area contributed by atoms with E-state index in [1.54, 1.807) is 16.7 Å². The first kappa shape index (κ1) is 23.4. The quantitative estimate of drug-likeness (QED) is 0.625. The Morgan fingerprint density at radius 1 is 1.18 bits per heavy atom. The third-order valence-electron chi connectivity index (χ3n) is 5.02. The van der Waals surface area contributed by atoms with Gasteiger partial charge in [0.1, 0.15) is 6.61 Å². The van der Waals surface area contributed by atoms with E-state index < -0.39 is 12.4 Å². The average Bonchev–Trinajstić information content (AvgIpc) is 3.14. The van der Waals surface area contributed by atoms with Gasteiger partial charge in [0.25, 0.3) is 5.91 Å². The molecule has 2 aliphatic rings. The SMILES string of the molecule is C[C@H](O)COc1ccnc(C(=O)N2CCN(C(=O)/C=C/c3ccc4c(c3)OC(F)(F)O4)CC2)n1. The van der Waals surface area contributed by atoms with Crippen LogP contribution in [0.5, 0.6) is 17.4 Å². The van der Waals surface area contributed by atoms with Crippen molar-refractivity contribution in [3.8, 4) is 17.4 Å². The number of halogens is 2. The Bertz CT molecular complexity index is 1100. The molecular weight excluding hydrogens is 454 g/mol. The molecule has 2 aliphatic heterocycles. The van der Waals surface area contributed by atoms with E-state index in [2.05, 4.69) is 19.4 Å². The maximum atomic E-state index is 13.1. The third-order valence-corrected chi connectivity index (χ3v) is 5.02. The summed E-state index contributed by atoms with van der Waals surface area (Å²) in [5.41, 5.74) is 0.497. The van der Waals surface area contributed by atoms with Gasteiger partial charge in [0.05, 0.1) is 6.10 Å². The van der Waals surface area contributed by atoms with Gasteiger partial charge in [0, 0.05) is 44.5 Å². The molecule has 34 heavy (non-hydrogen) atoms. The van der Waals surface area contributed by atoms with Gasteiger partial charge in [-0.3, -0.25) is 9.59 Å². The van der Waals surface area contributed by atoms with E-state index in [9.17, 15) is 23.5 Å². The first-order valence-electron chi connectivity index (χ1n) is 10.5. The molecule has 1 aromatic carbocycles. The highest BCUT2D eigenvalue weighted by Crippen LogP contribution is 2.41. The molecular formula is C22H22F2N4O6. The smallest absolute Gasteiger partial charge is 0.475 e. The normalized spacial score (nSPS) is 17.6. The van der Waals surface area contributed by atoms with E-state index in [1.807, 2.05) is 0 Å². The van der Waals surface area contributed by atoms with Gasteiger partial charge in [0.2, 0.25) is 17.6 Å². The zero-order valence-corrected chi connectivity index (χ0v) is 18.2. The van der Waals surface area contributed by atoms with E-state index in [1.165, 1.54) is 42.6 Å². The number of nitrogens with zero attached hydrogens (tertiary/aromatic N) is 4. The monoisotopic (exact) mass is 476 g/mol. The van der Waals surface area contributed by atoms with Crippen molar-refractivity contribution in [3.63, 3.8) is 0 Å². The molecule has 1 N–H and O–H groups in total. The molecule has 2 amide bonds. The number of hydrogen-bond donors (Lipinski definition) is 1. The number of alkyl halides is 2. The summed E-state index contributed by atoms with van der Waals surface area (Å²) < 4.78 is 40.3. The van der Waals surface area contributed by atoms with Crippen molar-refractivity contribution < 1.29 is 37.7 Å². The fourth-order valence-electron chi connectivity index (χ4n) is 3.35. The molecule has 0 spiro atoms. The number of hydrogen-bond acceptors (Lipinski definition) is 8. The van der Waals surface area contributed by atoms with Gasteiger partial charge in [-0.2, -0.15) is 4.98 Å². The van der Waals surface area contributed by atoms with Crippen LogP contribution in [0.3, 0.4) is 0 Å². The minimum absolute atomic E-state index is 0.0313. The van der Waals surface area contributed by atoms with E-state index in [0.717, 1.165) is 0 Å². The number of rotatable bonds is 6. The molecule has 1 atom stereocenters. The van der Waals surface area contributed by atoms with Crippen molar-refractivity contribution in [1.29, 1.82) is 0 Å². The van der Waals surface area contributed by atoms with E-state index in [4.69, 9.17) is 4.74 Å². The van der Waals surface area contributed by atoms with Crippen LogP contribution in [0.2, 0.25) is 0 Å². The second-order valence-electron chi connectivity index (χ2n) is 7.70. The van der Waals surface area contributed by atoms with Crippen molar-refractivity contribution in [2.75, 3.05) is 32.8 Å². The predicted octanol–water partition coefficient (Wildman–Crippen LogP) is 1.56. The molecule has 0 unspecified atom stereocenters. The summed E-state index contributed by atoms with van der Waals surface area (Å²) in [6, 6.07) is 5.73. The number of piperazine rings is 1. The van der Waals surface area contributed by atoms with Crippen molar-refractivity contribution in [2.24, 2.45) is 0 Å². The number of benzene rings is 1. The van der Waals surface area contributed by atoms with E-state index >= 15 is 0 Å². The number of fused-ring (bicyclic) bond motifs is 1. The van der Waals surface area contributed by atoms with Crippen LogP contribution < -0.4 is 14.2 Å². The van der Waals surface area contributed by atoms with Gasteiger partial charge in [-0.15, -0.1) is 8.78 Å². The Balaban J connectivity index is 1.30. The van der Waals surface area contributed by atoms with Gasteiger partial charge in [-0.1, -0.05) is 6.07 Å². The highest BCUT2D eigenvalue weighted by atomic mass is 19.3. The molecule has 0 aliphatic carbocycles. The number of carbonyl (C=O) groups is 2. The largest absolute Gasteiger partial charge is 0.586 e. The molecule has 0 saturated carbocycles. The first-order valence-corrected chi connectivity index (χ1v) is 10.5. The van der Waals surface area contributed by atoms with Gasteiger partial charge in [-0.25, -0.2) is 4.98 Å². The first-order chi connectivity index (χ1) is 16.2. The number of ether oxygens (including phenoxy) is 3. The highest BCUT2D eigenvalue weighted by Gasteiger charge is 2.43. The molecule has 3 heterocycles. The molecule has 2 aromatic rings.